The van der Waals surface area contributed by atoms with E-state index >= 15 is 0 Å². The summed E-state index contributed by atoms with van der Waals surface area (Å²) in [5.41, 5.74) is -1.38. The van der Waals surface area contributed by atoms with Crippen LogP contribution >= 0.6 is 0 Å². The first-order valence-electron chi connectivity index (χ1n) is 19.8. The molecule has 6 fully saturated rings. The van der Waals surface area contributed by atoms with Crippen molar-refractivity contribution < 1.29 is 98.1 Å². The van der Waals surface area contributed by atoms with E-state index in [2.05, 4.69) is 18.9 Å². The van der Waals surface area contributed by atoms with Crippen molar-refractivity contribution in [3.05, 3.63) is 0 Å². The van der Waals surface area contributed by atoms with Gasteiger partial charge in [0, 0.05) is 38.3 Å². The van der Waals surface area contributed by atoms with Crippen molar-refractivity contribution in [3.8, 4) is 0 Å². The second kappa shape index (κ2) is 18.7. The van der Waals surface area contributed by atoms with Gasteiger partial charge in [-0.05, 0) is 88.9 Å². The van der Waals surface area contributed by atoms with Gasteiger partial charge < -0.3 is 28.7 Å². The van der Waals surface area contributed by atoms with Crippen LogP contribution in [0.2, 0.25) is 0 Å². The number of piperidine rings is 2. The zero-order valence-corrected chi connectivity index (χ0v) is 34.6. The highest BCUT2D eigenvalue weighted by molar-refractivity contribution is 7.89. The molecular formula is C34H48F12N4O10S2. The van der Waals surface area contributed by atoms with Crippen molar-refractivity contribution in [1.29, 1.82) is 0 Å². The summed E-state index contributed by atoms with van der Waals surface area (Å²) in [5, 5.41) is 0. The van der Waals surface area contributed by atoms with Crippen LogP contribution < -0.4 is 9.44 Å². The number of carbonyl (C=O) groups excluding carboxylic acids is 2. The lowest BCUT2D eigenvalue weighted by Gasteiger charge is -2.45. The molecule has 2 amide bonds. The Morgan fingerprint density at radius 2 is 0.823 bits per heavy atom. The van der Waals surface area contributed by atoms with Crippen LogP contribution in [0.25, 0.3) is 0 Å². The number of halogens is 12. The van der Waals surface area contributed by atoms with Crippen molar-refractivity contribution in [1.82, 2.24) is 19.2 Å². The Bertz CT molecular complexity index is 1600. The number of likely N-dealkylation sites (tertiary alicyclic amines) is 2. The van der Waals surface area contributed by atoms with Gasteiger partial charge >= 0.3 is 36.9 Å². The molecule has 0 bridgehead atoms. The molecular weight excluding hydrogens is 917 g/mol. The molecule has 6 aliphatic rings. The van der Waals surface area contributed by atoms with Crippen molar-refractivity contribution >= 4 is 32.2 Å². The van der Waals surface area contributed by atoms with Gasteiger partial charge in [0.05, 0.1) is 35.9 Å². The molecule has 0 aromatic carbocycles. The van der Waals surface area contributed by atoms with Gasteiger partial charge in [0.2, 0.25) is 20.0 Å². The maximum absolute atomic E-state index is 12.6. The second-order valence-electron chi connectivity index (χ2n) is 16.8. The molecule has 2 unspecified atom stereocenters. The number of amides is 2. The zero-order valence-electron chi connectivity index (χ0n) is 32.9. The van der Waals surface area contributed by atoms with Crippen LogP contribution in [-0.2, 0) is 39.0 Å². The molecule has 4 heterocycles. The Morgan fingerprint density at radius 3 is 1.05 bits per heavy atom. The lowest BCUT2D eigenvalue weighted by molar-refractivity contribution is -0.309. The summed E-state index contributed by atoms with van der Waals surface area (Å²) >= 11 is 0. The van der Waals surface area contributed by atoms with Gasteiger partial charge in [-0.1, -0.05) is 0 Å². The van der Waals surface area contributed by atoms with Gasteiger partial charge in [-0.15, -0.1) is 0 Å². The van der Waals surface area contributed by atoms with Crippen molar-refractivity contribution in [2.24, 2.45) is 11.8 Å². The normalized spacial score (nSPS) is 25.1. The van der Waals surface area contributed by atoms with E-state index in [-0.39, 0.29) is 88.4 Å². The number of nitrogens with zero attached hydrogens (tertiary/aromatic N) is 2. The predicted molar refractivity (Wildman–Crippen MR) is 189 cm³/mol. The van der Waals surface area contributed by atoms with Gasteiger partial charge in [0.25, 0.3) is 12.2 Å². The fourth-order valence-electron chi connectivity index (χ4n) is 7.69. The molecule has 2 saturated carbocycles. The number of sulfonamides is 2. The quantitative estimate of drug-likeness (QED) is 0.251. The molecule has 28 heteroatoms. The van der Waals surface area contributed by atoms with E-state index in [1.165, 1.54) is 0 Å². The average molecular weight is 965 g/mol. The smallest absolute Gasteiger partial charge is 0.426 e. The summed E-state index contributed by atoms with van der Waals surface area (Å²) < 4.78 is 224. The van der Waals surface area contributed by atoms with Crippen LogP contribution in [0.15, 0.2) is 0 Å². The molecule has 2 spiro atoms. The van der Waals surface area contributed by atoms with Crippen molar-refractivity contribution in [3.63, 3.8) is 0 Å². The van der Waals surface area contributed by atoms with E-state index < -0.39 is 92.4 Å². The zero-order chi connectivity index (χ0) is 46.2. The fourth-order valence-corrected chi connectivity index (χ4v) is 11.2. The molecule has 2 N–H and O–H groups in total. The summed E-state index contributed by atoms with van der Waals surface area (Å²) in [6.07, 6.45) is -28.5. The van der Waals surface area contributed by atoms with Crippen LogP contribution in [0.3, 0.4) is 0 Å². The first kappa shape index (κ1) is 50.4. The molecule has 4 saturated heterocycles. The maximum Gasteiger partial charge on any atom is 0.434 e. The number of alkyl halides is 12. The summed E-state index contributed by atoms with van der Waals surface area (Å²) in [6, 6.07) is -0.784. The third-order valence-electron chi connectivity index (χ3n) is 11.6. The summed E-state index contributed by atoms with van der Waals surface area (Å²) in [6.45, 7) is -0.283. The highest BCUT2D eigenvalue weighted by Gasteiger charge is 2.61. The lowest BCUT2D eigenvalue weighted by Crippen LogP contribution is -2.55. The number of nitrogens with one attached hydrogen (secondary N) is 2. The third-order valence-corrected chi connectivity index (χ3v) is 14.8. The predicted octanol–water partition coefficient (Wildman–Crippen LogP) is 5.92. The maximum atomic E-state index is 12.6. The van der Waals surface area contributed by atoms with Gasteiger partial charge in [-0.25, -0.2) is 35.9 Å². The van der Waals surface area contributed by atoms with E-state index in [0.29, 0.717) is 25.7 Å². The Kier molecular flexibility index (Phi) is 15.2. The van der Waals surface area contributed by atoms with Crippen LogP contribution in [0, 0.1) is 11.8 Å². The van der Waals surface area contributed by atoms with E-state index in [0.717, 1.165) is 35.5 Å². The Morgan fingerprint density at radius 1 is 0.532 bits per heavy atom. The molecule has 6 rings (SSSR count). The minimum Gasteiger partial charge on any atom is -0.426 e. The Hall–Kier alpha value is -2.56. The highest BCUT2D eigenvalue weighted by atomic mass is 32.2. The van der Waals surface area contributed by atoms with Gasteiger partial charge in [-0.2, -0.15) is 52.7 Å². The van der Waals surface area contributed by atoms with Crippen molar-refractivity contribution in [2.75, 3.05) is 50.9 Å². The van der Waals surface area contributed by atoms with Crippen LogP contribution in [0.4, 0.5) is 62.3 Å². The minimum absolute atomic E-state index is 0.0859. The van der Waals surface area contributed by atoms with Gasteiger partial charge in [-0.3, -0.25) is 0 Å². The van der Waals surface area contributed by atoms with Crippen molar-refractivity contribution in [2.45, 2.75) is 137 Å². The largest absolute Gasteiger partial charge is 0.434 e. The molecule has 0 aromatic heterocycles. The fraction of sp³-hybridized carbons (Fsp3) is 0.941. The first-order chi connectivity index (χ1) is 28.4. The molecule has 62 heavy (non-hydrogen) atoms. The monoisotopic (exact) mass is 964 g/mol. The van der Waals surface area contributed by atoms with E-state index in [1.54, 1.807) is 0 Å². The lowest BCUT2D eigenvalue weighted by atomic mass is 9.83. The van der Waals surface area contributed by atoms with Crippen LogP contribution in [-0.4, -0.2) is 150 Å². The van der Waals surface area contributed by atoms with E-state index in [9.17, 15) is 79.1 Å². The molecule has 0 radical (unpaired) electrons. The second-order valence-corrected chi connectivity index (χ2v) is 20.4. The number of hydrogen-bond acceptors (Lipinski definition) is 10. The summed E-state index contributed by atoms with van der Waals surface area (Å²) in [5.74, 6) is 0.573. The van der Waals surface area contributed by atoms with Gasteiger partial charge in [0.15, 0.2) is 0 Å². The molecule has 0 aromatic rings. The number of ether oxygens (including phenoxy) is 4. The Balaban J connectivity index is 0.000000234. The van der Waals surface area contributed by atoms with Crippen LogP contribution in [0.5, 0.6) is 0 Å². The molecule has 2 aliphatic carbocycles. The summed E-state index contributed by atoms with van der Waals surface area (Å²) in [4.78, 5) is 25.3. The minimum atomic E-state index is -5.76. The van der Waals surface area contributed by atoms with Gasteiger partial charge in [0.1, 0.15) is 0 Å². The van der Waals surface area contributed by atoms with Crippen LogP contribution in [0.1, 0.15) is 77.0 Å². The van der Waals surface area contributed by atoms with E-state index in [4.69, 9.17) is 9.47 Å². The number of carbonyl (C=O) groups is 2. The molecule has 2 atom stereocenters. The molecule has 14 nitrogen and oxygen atoms in total. The first-order valence-corrected chi connectivity index (χ1v) is 23.1. The van der Waals surface area contributed by atoms with E-state index in [1.807, 2.05) is 0 Å². The highest BCUT2D eigenvalue weighted by Crippen LogP contribution is 2.41. The Labute approximate surface area is 349 Å². The third kappa shape index (κ3) is 14.7. The summed E-state index contributed by atoms with van der Waals surface area (Å²) in [7, 11) is -6.80. The number of hydrogen-bond donors (Lipinski definition) is 2. The average Bonchev–Trinajstić information content (AvgIpc) is 4.09. The molecule has 360 valence electrons. The number of rotatable bonds is 10. The molecule has 4 aliphatic heterocycles. The standard InChI is InChI=1S/2C17H24F6N2O5S/c2*18-16(19,20)13(17(21,22)23)30-14(26)25-7-5-15(6-8-25)4-3-12(9-29-15)24-31(27,28)10-11-1-2-11/h2*11-13,24H,1-10H2. The topological polar surface area (TPSA) is 170 Å². The SMILES string of the molecule is O=C(OC(C(F)(F)F)C(F)(F)F)N1CCC2(CCC(NS(=O)(=O)CC3CC3)CO2)CC1.O=C(OC(C(F)(F)F)C(F)(F)F)N1CCC2(CCC(NS(=O)(=O)CC3CC3)CO2)CC1.